The molecule has 0 saturated carbocycles. The molecule has 2 saturated heterocycles. The minimum atomic E-state index is 0.469. The highest BCUT2D eigenvalue weighted by atomic mass is 35.5. The maximum Gasteiger partial charge on any atom is 0.147 e. The second-order valence-electron chi connectivity index (χ2n) is 5.60. The van der Waals surface area contributed by atoms with Crippen LogP contribution < -0.4 is 0 Å². The molecular weight excluding hydrogens is 260 g/mol. The van der Waals surface area contributed by atoms with Crippen LogP contribution in [0.2, 0.25) is 5.15 Å². The molecule has 3 heterocycles. The lowest BCUT2D eigenvalue weighted by molar-refractivity contribution is 0.161. The fourth-order valence-electron chi connectivity index (χ4n) is 3.19. The summed E-state index contributed by atoms with van der Waals surface area (Å²) in [6, 6.07) is 0.751. The fourth-order valence-corrected chi connectivity index (χ4v) is 3.28. The Morgan fingerprint density at radius 2 is 1.95 bits per heavy atom. The maximum atomic E-state index is 5.76. The molecule has 5 heteroatoms. The van der Waals surface area contributed by atoms with E-state index >= 15 is 0 Å². The Hall–Kier alpha value is -0.710. The summed E-state index contributed by atoms with van der Waals surface area (Å²) in [5.74, 6) is 0. The van der Waals surface area contributed by atoms with Gasteiger partial charge in [0.25, 0.3) is 0 Å². The predicted molar refractivity (Wildman–Crippen MR) is 76.1 cm³/mol. The van der Waals surface area contributed by atoms with Crippen LogP contribution in [-0.2, 0) is 6.54 Å². The summed E-state index contributed by atoms with van der Waals surface area (Å²) in [5.41, 5.74) is 1.02. The van der Waals surface area contributed by atoms with Gasteiger partial charge < -0.3 is 0 Å². The van der Waals surface area contributed by atoms with Gasteiger partial charge in [0.1, 0.15) is 5.15 Å². The molecule has 19 heavy (non-hydrogen) atoms. The molecule has 104 valence electrons. The zero-order valence-corrected chi connectivity index (χ0v) is 12.0. The van der Waals surface area contributed by atoms with Crippen LogP contribution >= 0.6 is 11.6 Å². The number of hydrogen-bond donors (Lipinski definition) is 0. The fraction of sp³-hybridized carbons (Fsp3) is 0.714. The molecule has 1 aromatic heterocycles. The largest absolute Gasteiger partial charge is 0.299 e. The summed E-state index contributed by atoms with van der Waals surface area (Å²) in [4.78, 5) is 13.6. The van der Waals surface area contributed by atoms with Gasteiger partial charge in [0.15, 0.2) is 0 Å². The molecule has 3 rings (SSSR count). The Balaban J connectivity index is 1.52. The lowest BCUT2D eigenvalue weighted by atomic mass is 10.1. The second-order valence-corrected chi connectivity index (χ2v) is 5.99. The molecule has 1 aromatic rings. The van der Waals surface area contributed by atoms with E-state index in [1.54, 1.807) is 12.4 Å². The molecule has 2 fully saturated rings. The van der Waals surface area contributed by atoms with Crippen molar-refractivity contribution >= 4 is 11.6 Å². The summed E-state index contributed by atoms with van der Waals surface area (Å²) in [7, 11) is 0. The van der Waals surface area contributed by atoms with Crippen LogP contribution in [0.1, 0.15) is 31.4 Å². The standard InChI is InChI=1S/C14H21ClN4/c15-14-9-16-12(8-17-14)10-18-7-4-13(11-18)19-5-2-1-3-6-19/h8-9,13H,1-7,10-11H2. The Morgan fingerprint density at radius 1 is 1.11 bits per heavy atom. The van der Waals surface area contributed by atoms with E-state index in [-0.39, 0.29) is 0 Å². The first-order valence-corrected chi connectivity index (χ1v) is 7.62. The van der Waals surface area contributed by atoms with Crippen LogP contribution in [0.25, 0.3) is 0 Å². The lowest BCUT2D eigenvalue weighted by Gasteiger charge is -2.32. The highest BCUT2D eigenvalue weighted by Crippen LogP contribution is 2.21. The highest BCUT2D eigenvalue weighted by Gasteiger charge is 2.28. The molecule has 0 N–H and O–H groups in total. The smallest absolute Gasteiger partial charge is 0.147 e. The third-order valence-electron chi connectivity index (χ3n) is 4.21. The topological polar surface area (TPSA) is 32.3 Å². The van der Waals surface area contributed by atoms with Gasteiger partial charge in [0.05, 0.1) is 18.1 Å². The van der Waals surface area contributed by atoms with Crippen molar-refractivity contribution in [3.8, 4) is 0 Å². The zero-order chi connectivity index (χ0) is 13.1. The quantitative estimate of drug-likeness (QED) is 0.850. The number of aromatic nitrogens is 2. The van der Waals surface area contributed by atoms with E-state index in [1.807, 2.05) is 0 Å². The van der Waals surface area contributed by atoms with Crippen molar-refractivity contribution in [2.24, 2.45) is 0 Å². The molecule has 2 aliphatic rings. The molecule has 1 unspecified atom stereocenters. The first-order chi connectivity index (χ1) is 9.31. The molecule has 0 amide bonds. The monoisotopic (exact) mass is 280 g/mol. The normalized spacial score (nSPS) is 25.8. The van der Waals surface area contributed by atoms with Crippen molar-refractivity contribution in [3.63, 3.8) is 0 Å². The summed E-state index contributed by atoms with van der Waals surface area (Å²) >= 11 is 5.76. The van der Waals surface area contributed by atoms with Crippen LogP contribution in [0.4, 0.5) is 0 Å². The minimum absolute atomic E-state index is 0.469. The minimum Gasteiger partial charge on any atom is -0.299 e. The molecule has 0 spiro atoms. The predicted octanol–water partition coefficient (Wildman–Crippen LogP) is 2.19. The molecule has 2 aliphatic heterocycles. The van der Waals surface area contributed by atoms with Gasteiger partial charge in [-0.1, -0.05) is 18.0 Å². The van der Waals surface area contributed by atoms with E-state index in [9.17, 15) is 0 Å². The van der Waals surface area contributed by atoms with E-state index in [1.165, 1.54) is 51.9 Å². The SMILES string of the molecule is Clc1cnc(CN2CCC(N3CCCCC3)C2)cn1. The van der Waals surface area contributed by atoms with Crippen LogP contribution in [0.3, 0.4) is 0 Å². The first-order valence-electron chi connectivity index (χ1n) is 7.24. The van der Waals surface area contributed by atoms with Gasteiger partial charge in [-0.05, 0) is 32.4 Å². The number of piperidine rings is 1. The van der Waals surface area contributed by atoms with Gasteiger partial charge in [0, 0.05) is 25.7 Å². The van der Waals surface area contributed by atoms with Crippen molar-refractivity contribution < 1.29 is 0 Å². The maximum absolute atomic E-state index is 5.76. The van der Waals surface area contributed by atoms with Crippen LogP contribution in [-0.4, -0.2) is 52.0 Å². The van der Waals surface area contributed by atoms with Gasteiger partial charge in [-0.2, -0.15) is 0 Å². The molecule has 0 bridgehead atoms. The number of rotatable bonds is 3. The molecule has 0 aromatic carbocycles. The third-order valence-corrected chi connectivity index (χ3v) is 4.41. The van der Waals surface area contributed by atoms with Crippen LogP contribution in [0.5, 0.6) is 0 Å². The lowest BCUT2D eigenvalue weighted by Crippen LogP contribution is -2.40. The molecule has 0 radical (unpaired) electrons. The molecule has 0 aliphatic carbocycles. The van der Waals surface area contributed by atoms with Crippen LogP contribution in [0.15, 0.2) is 12.4 Å². The average Bonchev–Trinajstić information content (AvgIpc) is 2.91. The molecule has 1 atom stereocenters. The Kier molecular flexibility index (Phi) is 4.31. The Bertz CT molecular complexity index is 402. The van der Waals surface area contributed by atoms with Crippen molar-refractivity contribution in [3.05, 3.63) is 23.2 Å². The van der Waals surface area contributed by atoms with E-state index in [0.717, 1.165) is 18.3 Å². The summed E-state index contributed by atoms with van der Waals surface area (Å²) in [5, 5.41) is 0.469. The van der Waals surface area contributed by atoms with Crippen molar-refractivity contribution in [1.82, 2.24) is 19.8 Å². The van der Waals surface area contributed by atoms with Crippen molar-refractivity contribution in [1.29, 1.82) is 0 Å². The summed E-state index contributed by atoms with van der Waals surface area (Å²) in [6.07, 6.45) is 8.87. The van der Waals surface area contributed by atoms with Crippen molar-refractivity contribution in [2.45, 2.75) is 38.3 Å². The van der Waals surface area contributed by atoms with Gasteiger partial charge >= 0.3 is 0 Å². The highest BCUT2D eigenvalue weighted by molar-refractivity contribution is 6.29. The van der Waals surface area contributed by atoms with Gasteiger partial charge in [0.2, 0.25) is 0 Å². The summed E-state index contributed by atoms with van der Waals surface area (Å²) in [6.45, 7) is 5.82. The van der Waals surface area contributed by atoms with E-state index in [2.05, 4.69) is 19.8 Å². The van der Waals surface area contributed by atoms with Gasteiger partial charge in [-0.15, -0.1) is 0 Å². The second kappa shape index (κ2) is 6.16. The zero-order valence-electron chi connectivity index (χ0n) is 11.3. The van der Waals surface area contributed by atoms with Crippen molar-refractivity contribution in [2.75, 3.05) is 26.2 Å². The van der Waals surface area contributed by atoms with Gasteiger partial charge in [-0.25, -0.2) is 4.98 Å². The van der Waals surface area contributed by atoms with E-state index in [0.29, 0.717) is 5.15 Å². The van der Waals surface area contributed by atoms with E-state index in [4.69, 9.17) is 11.6 Å². The third kappa shape index (κ3) is 3.44. The van der Waals surface area contributed by atoms with Gasteiger partial charge in [-0.3, -0.25) is 14.8 Å². The molecular formula is C14H21ClN4. The average molecular weight is 281 g/mol. The van der Waals surface area contributed by atoms with Crippen LogP contribution in [0, 0.1) is 0 Å². The Labute approximate surface area is 119 Å². The number of likely N-dealkylation sites (tertiary alicyclic amines) is 2. The number of hydrogen-bond acceptors (Lipinski definition) is 4. The summed E-state index contributed by atoms with van der Waals surface area (Å²) < 4.78 is 0. The molecule has 4 nitrogen and oxygen atoms in total. The first kappa shape index (κ1) is 13.3. The number of halogens is 1. The number of nitrogens with zero attached hydrogens (tertiary/aromatic N) is 4. The Morgan fingerprint density at radius 3 is 2.68 bits per heavy atom. The van der Waals surface area contributed by atoms with E-state index < -0.39 is 0 Å².